The predicted molar refractivity (Wildman–Crippen MR) is 82.7 cm³/mol. The van der Waals surface area contributed by atoms with Crippen molar-refractivity contribution in [3.63, 3.8) is 0 Å². The van der Waals surface area contributed by atoms with Gasteiger partial charge in [-0.1, -0.05) is 6.07 Å². The summed E-state index contributed by atoms with van der Waals surface area (Å²) in [5.41, 5.74) is 7.04. The van der Waals surface area contributed by atoms with Gasteiger partial charge in [-0.05, 0) is 45.4 Å². The Hall–Kier alpha value is -1.69. The van der Waals surface area contributed by atoms with Crippen molar-refractivity contribution in [3.05, 3.63) is 23.8 Å². The van der Waals surface area contributed by atoms with E-state index in [9.17, 15) is 9.59 Å². The Balaban J connectivity index is 2.48. The number of nitrogens with one attached hydrogen (secondary N) is 2. The molecule has 0 atom stereocenters. The number of anilines is 1. The molecular weight excluding hydrogens is 274 g/mol. The molecule has 5 nitrogen and oxygen atoms in total. The summed E-state index contributed by atoms with van der Waals surface area (Å²) in [5, 5.41) is 4.97. The second-order valence-electron chi connectivity index (χ2n) is 5.57. The first-order valence-electron chi connectivity index (χ1n) is 6.28. The molecule has 3 amide bonds. The van der Waals surface area contributed by atoms with Crippen LogP contribution < -0.4 is 16.4 Å². The third-order valence-electron chi connectivity index (χ3n) is 2.31. The van der Waals surface area contributed by atoms with Gasteiger partial charge in [0, 0.05) is 16.1 Å². The van der Waals surface area contributed by atoms with Crippen molar-refractivity contribution in [1.29, 1.82) is 0 Å². The molecule has 0 bridgehead atoms. The molecule has 110 valence electrons. The summed E-state index contributed by atoms with van der Waals surface area (Å²) in [5.74, 6) is -0.166. The number of urea groups is 1. The van der Waals surface area contributed by atoms with E-state index in [1.165, 1.54) is 11.8 Å². The van der Waals surface area contributed by atoms with Crippen molar-refractivity contribution in [2.45, 2.75) is 38.1 Å². The number of thioether (sulfide) groups is 1. The van der Waals surface area contributed by atoms with E-state index in [2.05, 4.69) is 10.6 Å². The number of aryl methyl sites for hydroxylation is 1. The van der Waals surface area contributed by atoms with E-state index in [0.717, 1.165) is 10.5 Å². The molecule has 6 heteroatoms. The van der Waals surface area contributed by atoms with E-state index >= 15 is 0 Å². The number of benzene rings is 1. The van der Waals surface area contributed by atoms with Gasteiger partial charge in [-0.3, -0.25) is 10.1 Å². The molecule has 0 unspecified atom stereocenters. The van der Waals surface area contributed by atoms with Gasteiger partial charge < -0.3 is 11.1 Å². The zero-order chi connectivity index (χ0) is 15.3. The summed E-state index contributed by atoms with van der Waals surface area (Å²) in [4.78, 5) is 24.2. The number of hydrogen-bond acceptors (Lipinski definition) is 4. The van der Waals surface area contributed by atoms with Crippen molar-refractivity contribution >= 4 is 29.4 Å². The molecule has 1 aromatic rings. The molecule has 0 aliphatic heterocycles. The predicted octanol–water partition coefficient (Wildman–Crippen LogP) is 2.29. The van der Waals surface area contributed by atoms with Crippen LogP contribution in [0.4, 0.5) is 10.5 Å². The normalized spacial score (nSPS) is 11.0. The van der Waals surface area contributed by atoms with E-state index in [-0.39, 0.29) is 17.2 Å². The molecule has 0 aromatic heterocycles. The molecular formula is C14H21N3O2S. The first kappa shape index (κ1) is 16.4. The average Bonchev–Trinajstić information content (AvgIpc) is 2.27. The zero-order valence-corrected chi connectivity index (χ0v) is 13.1. The van der Waals surface area contributed by atoms with Crippen LogP contribution in [0.2, 0.25) is 0 Å². The topological polar surface area (TPSA) is 84.2 Å². The second-order valence-corrected chi connectivity index (χ2v) is 6.58. The number of rotatable bonds is 3. The Morgan fingerprint density at radius 3 is 2.55 bits per heavy atom. The van der Waals surface area contributed by atoms with Gasteiger partial charge in [-0.2, -0.15) is 0 Å². The number of nitrogen functional groups attached to an aromatic ring is 1. The van der Waals surface area contributed by atoms with Gasteiger partial charge in [0.2, 0.25) is 5.91 Å². The highest BCUT2D eigenvalue weighted by molar-refractivity contribution is 8.00. The fourth-order valence-electron chi connectivity index (χ4n) is 1.45. The minimum absolute atomic E-state index is 0.169. The summed E-state index contributed by atoms with van der Waals surface area (Å²) >= 11 is 1.36. The van der Waals surface area contributed by atoms with Gasteiger partial charge in [0.15, 0.2) is 0 Å². The monoisotopic (exact) mass is 295 g/mol. The van der Waals surface area contributed by atoms with Crippen LogP contribution in [0.25, 0.3) is 0 Å². The van der Waals surface area contributed by atoms with Crippen molar-refractivity contribution in [2.75, 3.05) is 11.5 Å². The highest BCUT2D eigenvalue weighted by Gasteiger charge is 2.15. The smallest absolute Gasteiger partial charge is 0.321 e. The number of carbonyl (C=O) groups is 2. The second kappa shape index (κ2) is 6.65. The Bertz CT molecular complexity index is 510. The fraction of sp³-hybridized carbons (Fsp3) is 0.429. The van der Waals surface area contributed by atoms with Crippen molar-refractivity contribution in [1.82, 2.24) is 10.6 Å². The Kier molecular flexibility index (Phi) is 5.44. The number of amides is 3. The van der Waals surface area contributed by atoms with Crippen LogP contribution in [-0.2, 0) is 4.79 Å². The van der Waals surface area contributed by atoms with Crippen LogP contribution in [0.5, 0.6) is 0 Å². The quantitative estimate of drug-likeness (QED) is 0.590. The van der Waals surface area contributed by atoms with E-state index in [1.54, 1.807) is 0 Å². The molecule has 0 aliphatic rings. The van der Waals surface area contributed by atoms with Gasteiger partial charge in [-0.25, -0.2) is 4.79 Å². The Morgan fingerprint density at radius 1 is 1.30 bits per heavy atom. The van der Waals surface area contributed by atoms with E-state index in [4.69, 9.17) is 5.73 Å². The highest BCUT2D eigenvalue weighted by atomic mass is 32.2. The highest BCUT2D eigenvalue weighted by Crippen LogP contribution is 2.24. The summed E-state index contributed by atoms with van der Waals surface area (Å²) in [6.07, 6.45) is 0. The van der Waals surface area contributed by atoms with Crippen LogP contribution in [0, 0.1) is 6.92 Å². The molecule has 1 rings (SSSR count). The van der Waals surface area contributed by atoms with Crippen LogP contribution in [0.1, 0.15) is 26.3 Å². The summed E-state index contributed by atoms with van der Waals surface area (Å²) < 4.78 is 0. The van der Waals surface area contributed by atoms with Gasteiger partial charge in [0.05, 0.1) is 5.75 Å². The van der Waals surface area contributed by atoms with Crippen LogP contribution in [0.15, 0.2) is 23.1 Å². The number of imide groups is 1. The first-order chi connectivity index (χ1) is 9.17. The average molecular weight is 295 g/mol. The minimum Gasteiger partial charge on any atom is -0.399 e. The van der Waals surface area contributed by atoms with Crippen LogP contribution in [0.3, 0.4) is 0 Å². The van der Waals surface area contributed by atoms with Crippen molar-refractivity contribution < 1.29 is 9.59 Å². The molecule has 0 fully saturated rings. The molecule has 1 aromatic carbocycles. The molecule has 4 N–H and O–H groups in total. The maximum absolute atomic E-state index is 11.7. The lowest BCUT2D eigenvalue weighted by molar-refractivity contribution is -0.117. The van der Waals surface area contributed by atoms with Gasteiger partial charge in [0.1, 0.15) is 0 Å². The van der Waals surface area contributed by atoms with Crippen molar-refractivity contribution in [2.24, 2.45) is 0 Å². The van der Waals surface area contributed by atoms with E-state index in [0.29, 0.717) is 5.69 Å². The molecule has 0 aliphatic carbocycles. The van der Waals surface area contributed by atoms with Crippen LogP contribution in [-0.4, -0.2) is 23.2 Å². The van der Waals surface area contributed by atoms with E-state index < -0.39 is 6.03 Å². The number of carbonyl (C=O) groups excluding carboxylic acids is 2. The lowest BCUT2D eigenvalue weighted by Gasteiger charge is -2.20. The standard InChI is InChI=1S/C14H21N3O2S/c1-9-5-6-10(15)7-11(9)20-8-12(18)16-13(19)17-14(2,3)4/h5-7H,8,15H2,1-4H3,(H2,16,17,18,19). The van der Waals surface area contributed by atoms with Gasteiger partial charge >= 0.3 is 6.03 Å². The largest absolute Gasteiger partial charge is 0.399 e. The lowest BCUT2D eigenvalue weighted by Crippen LogP contribution is -2.48. The summed E-state index contributed by atoms with van der Waals surface area (Å²) in [6, 6.07) is 5.06. The Labute approximate surface area is 123 Å². The SMILES string of the molecule is Cc1ccc(N)cc1SCC(=O)NC(=O)NC(C)(C)C. The maximum Gasteiger partial charge on any atom is 0.321 e. The van der Waals surface area contributed by atoms with Gasteiger partial charge in [-0.15, -0.1) is 11.8 Å². The molecule has 20 heavy (non-hydrogen) atoms. The summed E-state index contributed by atoms with van der Waals surface area (Å²) in [6.45, 7) is 7.50. The molecule has 0 heterocycles. The van der Waals surface area contributed by atoms with E-state index in [1.807, 2.05) is 45.9 Å². The lowest BCUT2D eigenvalue weighted by atomic mass is 10.1. The van der Waals surface area contributed by atoms with Crippen molar-refractivity contribution in [3.8, 4) is 0 Å². The van der Waals surface area contributed by atoms with Gasteiger partial charge in [0.25, 0.3) is 0 Å². The third-order valence-corrected chi connectivity index (χ3v) is 3.47. The first-order valence-corrected chi connectivity index (χ1v) is 7.27. The number of nitrogens with two attached hydrogens (primary N) is 1. The summed E-state index contributed by atoms with van der Waals surface area (Å²) in [7, 11) is 0. The maximum atomic E-state index is 11.7. The minimum atomic E-state index is -0.479. The fourth-order valence-corrected chi connectivity index (χ4v) is 2.32. The molecule has 0 radical (unpaired) electrons. The molecule has 0 spiro atoms. The Morgan fingerprint density at radius 2 is 1.95 bits per heavy atom. The third kappa shape index (κ3) is 5.97. The molecule has 0 saturated carbocycles. The zero-order valence-electron chi connectivity index (χ0n) is 12.2. The molecule has 0 saturated heterocycles. The van der Waals surface area contributed by atoms with Crippen LogP contribution >= 0.6 is 11.8 Å². The number of hydrogen-bond donors (Lipinski definition) is 3.